The average molecular weight is 194 g/mol. The predicted octanol–water partition coefficient (Wildman–Crippen LogP) is 1.93. The summed E-state index contributed by atoms with van der Waals surface area (Å²) in [6.07, 6.45) is 6.01. The lowest BCUT2D eigenvalue weighted by molar-refractivity contribution is -0.137. The molecule has 1 spiro atoms. The molecule has 0 radical (unpaired) electrons. The minimum absolute atomic E-state index is 0.105. The first kappa shape index (κ1) is 9.91. The van der Waals surface area contributed by atoms with E-state index in [0.29, 0.717) is 5.92 Å². The first-order valence-corrected chi connectivity index (χ1v) is 5.48. The van der Waals surface area contributed by atoms with Gasteiger partial charge in [0.05, 0.1) is 6.10 Å². The summed E-state index contributed by atoms with van der Waals surface area (Å²) in [6.45, 7) is 4.17. The average Bonchev–Trinajstić information content (AvgIpc) is 2.53. The minimum atomic E-state index is -0.296. The Morgan fingerprint density at radius 1 is 1.43 bits per heavy atom. The summed E-state index contributed by atoms with van der Waals surface area (Å²) in [7, 11) is 0. The Hall–Kier alpha value is -0.630. The van der Waals surface area contributed by atoms with E-state index in [-0.39, 0.29) is 23.2 Å². The third-order valence-electron chi connectivity index (χ3n) is 4.35. The predicted molar refractivity (Wildman–Crippen MR) is 54.8 cm³/mol. The molecule has 1 N–H and O–H groups in total. The molecule has 0 saturated heterocycles. The van der Waals surface area contributed by atoms with Crippen LogP contribution in [-0.4, -0.2) is 17.0 Å². The number of carbonyl (C=O) groups excluding carboxylic acids is 1. The number of allylic oxidation sites excluding steroid dienone is 2. The summed E-state index contributed by atoms with van der Waals surface area (Å²) in [5.41, 5.74) is -0.280. The Kier molecular flexibility index (Phi) is 2.26. The summed E-state index contributed by atoms with van der Waals surface area (Å²) in [6, 6.07) is 0. The van der Waals surface area contributed by atoms with Gasteiger partial charge in [0.1, 0.15) is 0 Å². The number of hydrogen-bond donors (Lipinski definition) is 1. The van der Waals surface area contributed by atoms with Gasteiger partial charge in [-0.3, -0.25) is 4.79 Å². The molecule has 1 saturated carbocycles. The van der Waals surface area contributed by atoms with E-state index in [1.165, 1.54) is 0 Å². The molecule has 2 unspecified atom stereocenters. The zero-order chi connectivity index (χ0) is 10.3. The largest absolute Gasteiger partial charge is 0.393 e. The van der Waals surface area contributed by atoms with E-state index in [9.17, 15) is 9.90 Å². The van der Waals surface area contributed by atoms with Gasteiger partial charge in [0, 0.05) is 5.41 Å². The fourth-order valence-electron chi connectivity index (χ4n) is 3.19. The van der Waals surface area contributed by atoms with Crippen LogP contribution in [0.5, 0.6) is 0 Å². The Morgan fingerprint density at radius 2 is 2.14 bits per heavy atom. The number of aliphatic hydroxyl groups is 1. The van der Waals surface area contributed by atoms with Crippen LogP contribution in [0.2, 0.25) is 0 Å². The van der Waals surface area contributed by atoms with Gasteiger partial charge in [-0.25, -0.2) is 0 Å². The van der Waals surface area contributed by atoms with Gasteiger partial charge in [-0.2, -0.15) is 0 Å². The monoisotopic (exact) mass is 194 g/mol. The molecular formula is C12H18O2. The lowest BCUT2D eigenvalue weighted by atomic mass is 9.58. The van der Waals surface area contributed by atoms with E-state index < -0.39 is 0 Å². The quantitative estimate of drug-likeness (QED) is 0.639. The second-order valence-corrected chi connectivity index (χ2v) is 4.85. The summed E-state index contributed by atoms with van der Waals surface area (Å²) in [4.78, 5) is 11.9. The zero-order valence-corrected chi connectivity index (χ0v) is 8.86. The Morgan fingerprint density at radius 3 is 2.71 bits per heavy atom. The number of aliphatic hydroxyl groups excluding tert-OH is 1. The zero-order valence-electron chi connectivity index (χ0n) is 8.86. The lowest BCUT2D eigenvalue weighted by Gasteiger charge is -2.46. The van der Waals surface area contributed by atoms with Crippen molar-refractivity contribution in [3.8, 4) is 0 Å². The van der Waals surface area contributed by atoms with Gasteiger partial charge in [-0.05, 0) is 37.2 Å². The van der Waals surface area contributed by atoms with Gasteiger partial charge in [0.25, 0.3) is 0 Å². The molecule has 2 aliphatic rings. The Bertz CT molecular complexity index is 282. The van der Waals surface area contributed by atoms with Crippen molar-refractivity contribution in [3.05, 3.63) is 12.2 Å². The van der Waals surface area contributed by atoms with Crippen LogP contribution >= 0.6 is 0 Å². The topological polar surface area (TPSA) is 37.3 Å². The van der Waals surface area contributed by atoms with Crippen molar-refractivity contribution < 1.29 is 9.90 Å². The lowest BCUT2D eigenvalue weighted by Crippen LogP contribution is -2.48. The highest BCUT2D eigenvalue weighted by atomic mass is 16.3. The molecule has 2 aliphatic carbocycles. The highest BCUT2D eigenvalue weighted by Crippen LogP contribution is 2.51. The molecule has 2 heteroatoms. The molecule has 0 aromatic carbocycles. The van der Waals surface area contributed by atoms with Gasteiger partial charge >= 0.3 is 0 Å². The number of hydrogen-bond acceptors (Lipinski definition) is 2. The van der Waals surface area contributed by atoms with Crippen molar-refractivity contribution in [2.75, 3.05) is 0 Å². The Balaban J connectivity index is 2.34. The highest BCUT2D eigenvalue weighted by Gasteiger charge is 2.52. The van der Waals surface area contributed by atoms with E-state index in [1.54, 1.807) is 6.08 Å². The third-order valence-corrected chi connectivity index (χ3v) is 4.35. The standard InChI is InChI=1S/C12H18O2/c1-8-5-6-10(13)9(2)12(8)7-3-4-11(12)14/h3-4,8-10,13H,5-7H2,1-2H3/t8-,9+,10?,12?/m0/s1. The van der Waals surface area contributed by atoms with Crippen molar-refractivity contribution in [3.63, 3.8) is 0 Å². The van der Waals surface area contributed by atoms with Gasteiger partial charge in [-0.15, -0.1) is 0 Å². The van der Waals surface area contributed by atoms with Crippen LogP contribution in [0.15, 0.2) is 12.2 Å². The summed E-state index contributed by atoms with van der Waals surface area (Å²) >= 11 is 0. The van der Waals surface area contributed by atoms with E-state index in [2.05, 4.69) is 6.92 Å². The maximum absolute atomic E-state index is 11.9. The van der Waals surface area contributed by atoms with Gasteiger partial charge in [0.2, 0.25) is 0 Å². The highest BCUT2D eigenvalue weighted by molar-refractivity contribution is 5.97. The van der Waals surface area contributed by atoms with Crippen molar-refractivity contribution in [1.29, 1.82) is 0 Å². The van der Waals surface area contributed by atoms with Gasteiger partial charge in [0.15, 0.2) is 5.78 Å². The molecule has 78 valence electrons. The normalized spacial score (nSPS) is 47.6. The van der Waals surface area contributed by atoms with E-state index in [4.69, 9.17) is 0 Å². The summed E-state index contributed by atoms with van der Waals surface area (Å²) in [5, 5.41) is 9.86. The molecule has 0 aromatic heterocycles. The maximum Gasteiger partial charge on any atom is 0.162 e. The molecule has 0 aliphatic heterocycles. The van der Waals surface area contributed by atoms with E-state index in [1.807, 2.05) is 13.0 Å². The number of ketones is 1. The fraction of sp³-hybridized carbons (Fsp3) is 0.750. The fourth-order valence-corrected chi connectivity index (χ4v) is 3.19. The molecule has 0 amide bonds. The van der Waals surface area contributed by atoms with Crippen LogP contribution in [0.25, 0.3) is 0 Å². The molecule has 0 bridgehead atoms. The van der Waals surface area contributed by atoms with E-state index >= 15 is 0 Å². The molecule has 4 atom stereocenters. The molecule has 2 rings (SSSR count). The molecular weight excluding hydrogens is 176 g/mol. The van der Waals surface area contributed by atoms with Crippen LogP contribution in [0.1, 0.15) is 33.1 Å². The van der Waals surface area contributed by atoms with E-state index in [0.717, 1.165) is 19.3 Å². The van der Waals surface area contributed by atoms with Gasteiger partial charge < -0.3 is 5.11 Å². The van der Waals surface area contributed by atoms with Crippen molar-refractivity contribution in [2.45, 2.75) is 39.2 Å². The second-order valence-electron chi connectivity index (χ2n) is 4.85. The van der Waals surface area contributed by atoms with Gasteiger partial charge in [-0.1, -0.05) is 19.9 Å². The second kappa shape index (κ2) is 3.20. The van der Waals surface area contributed by atoms with Crippen LogP contribution in [-0.2, 0) is 4.79 Å². The third kappa shape index (κ3) is 1.10. The first-order valence-electron chi connectivity index (χ1n) is 5.48. The molecule has 0 heterocycles. The summed E-state index contributed by atoms with van der Waals surface area (Å²) in [5.74, 6) is 0.744. The first-order chi connectivity index (χ1) is 6.59. The van der Waals surface area contributed by atoms with Crippen molar-refractivity contribution in [2.24, 2.45) is 17.3 Å². The molecule has 0 aromatic rings. The maximum atomic E-state index is 11.9. The smallest absolute Gasteiger partial charge is 0.162 e. The van der Waals surface area contributed by atoms with Crippen LogP contribution in [0.3, 0.4) is 0 Å². The molecule has 1 fully saturated rings. The van der Waals surface area contributed by atoms with Crippen molar-refractivity contribution in [1.82, 2.24) is 0 Å². The minimum Gasteiger partial charge on any atom is -0.393 e. The molecule has 2 nitrogen and oxygen atoms in total. The van der Waals surface area contributed by atoms with Crippen LogP contribution in [0, 0.1) is 17.3 Å². The van der Waals surface area contributed by atoms with Crippen molar-refractivity contribution >= 4 is 5.78 Å². The SMILES string of the molecule is C[C@@H]1C(O)CC[C@H](C)C12CC=CC2=O. The van der Waals surface area contributed by atoms with Crippen LogP contribution in [0.4, 0.5) is 0 Å². The molecule has 14 heavy (non-hydrogen) atoms. The Labute approximate surface area is 85.0 Å². The summed E-state index contributed by atoms with van der Waals surface area (Å²) < 4.78 is 0. The van der Waals surface area contributed by atoms with Crippen LogP contribution < -0.4 is 0 Å². The number of rotatable bonds is 0. The number of carbonyl (C=O) groups is 1.